The number of carboxylic acids is 1. The van der Waals surface area contributed by atoms with Crippen molar-refractivity contribution in [2.24, 2.45) is 0 Å². The molecule has 0 aromatic heterocycles. The molecule has 1 atom stereocenters. The number of carbonyl (C=O) groups is 2. The molecular weight excluding hydrogens is 265 g/mol. The van der Waals surface area contributed by atoms with Crippen LogP contribution in [0.1, 0.15) is 19.3 Å². The zero-order valence-corrected chi connectivity index (χ0v) is 9.01. The fraction of sp³-hybridized carbons (Fsp3) is 0.778. The number of carboxylic acid groups (broad SMARTS) is 1. The molecule has 1 heterocycles. The van der Waals surface area contributed by atoms with Gasteiger partial charge in [-0.3, -0.25) is 9.59 Å². The Labute approximate surface area is 98.4 Å². The lowest BCUT2D eigenvalue weighted by Crippen LogP contribution is -2.53. The highest BCUT2D eigenvalue weighted by Crippen LogP contribution is 2.38. The van der Waals surface area contributed by atoms with E-state index in [1.165, 1.54) is 0 Å². The Morgan fingerprint density at radius 3 is 2.22 bits per heavy atom. The van der Waals surface area contributed by atoms with Crippen LogP contribution in [0, 0.1) is 0 Å². The summed E-state index contributed by atoms with van der Waals surface area (Å²) in [6.45, 7) is -0.289. The summed E-state index contributed by atoms with van der Waals surface area (Å²) in [7, 11) is 0. The Morgan fingerprint density at radius 1 is 1.22 bits per heavy atom. The molecule has 1 fully saturated rings. The van der Waals surface area contributed by atoms with Gasteiger partial charge in [0.1, 0.15) is 0 Å². The van der Waals surface area contributed by atoms with Gasteiger partial charge in [-0.2, -0.15) is 22.0 Å². The van der Waals surface area contributed by atoms with Crippen LogP contribution in [0.2, 0.25) is 0 Å². The van der Waals surface area contributed by atoms with Gasteiger partial charge >= 0.3 is 24.0 Å². The normalized spacial score (nSPS) is 21.2. The van der Waals surface area contributed by atoms with Crippen LogP contribution < -0.4 is 0 Å². The first kappa shape index (κ1) is 14.7. The second-order valence-electron chi connectivity index (χ2n) is 3.96. The van der Waals surface area contributed by atoms with Gasteiger partial charge in [0.2, 0.25) is 0 Å². The van der Waals surface area contributed by atoms with Crippen LogP contribution >= 0.6 is 0 Å². The van der Waals surface area contributed by atoms with Crippen molar-refractivity contribution in [2.75, 3.05) is 6.54 Å². The van der Waals surface area contributed by atoms with Crippen LogP contribution in [0.5, 0.6) is 0 Å². The molecule has 18 heavy (non-hydrogen) atoms. The van der Waals surface area contributed by atoms with Gasteiger partial charge in [-0.1, -0.05) is 0 Å². The first-order valence-electron chi connectivity index (χ1n) is 5.04. The third kappa shape index (κ3) is 2.70. The Bertz CT molecular complexity index is 355. The molecule has 4 nitrogen and oxygen atoms in total. The van der Waals surface area contributed by atoms with E-state index in [0.29, 0.717) is 4.90 Å². The van der Waals surface area contributed by atoms with Gasteiger partial charge in [-0.15, -0.1) is 0 Å². The topological polar surface area (TPSA) is 57.6 Å². The number of rotatable bonds is 3. The van der Waals surface area contributed by atoms with Gasteiger partial charge < -0.3 is 10.0 Å². The van der Waals surface area contributed by atoms with Crippen LogP contribution in [0.15, 0.2) is 0 Å². The Kier molecular flexibility index (Phi) is 3.82. The number of aliphatic carboxylic acids is 1. The van der Waals surface area contributed by atoms with Gasteiger partial charge in [0.05, 0.1) is 6.42 Å². The summed E-state index contributed by atoms with van der Waals surface area (Å²) in [5.74, 6) is -9.21. The lowest BCUT2D eigenvalue weighted by Gasteiger charge is -2.28. The number of alkyl halides is 5. The number of likely N-dealkylation sites (tertiary alicyclic amines) is 1. The molecule has 0 aliphatic carbocycles. The monoisotopic (exact) mass is 275 g/mol. The van der Waals surface area contributed by atoms with Gasteiger partial charge in [0, 0.05) is 12.6 Å². The van der Waals surface area contributed by atoms with Gasteiger partial charge in [0.25, 0.3) is 0 Å². The summed E-state index contributed by atoms with van der Waals surface area (Å²) in [6.07, 6.45) is -6.30. The van der Waals surface area contributed by atoms with Crippen LogP contribution in [-0.4, -0.2) is 46.6 Å². The largest absolute Gasteiger partial charge is 0.481 e. The lowest BCUT2D eigenvalue weighted by molar-refractivity contribution is -0.274. The van der Waals surface area contributed by atoms with Crippen LogP contribution in [0.4, 0.5) is 22.0 Å². The van der Waals surface area contributed by atoms with E-state index < -0.39 is 36.4 Å². The van der Waals surface area contributed by atoms with E-state index in [-0.39, 0.29) is 19.4 Å². The van der Waals surface area contributed by atoms with Gasteiger partial charge in [-0.25, -0.2) is 0 Å². The highest BCUT2D eigenvalue weighted by Gasteiger charge is 2.65. The molecule has 0 bridgehead atoms. The standard InChI is InChI=1S/C9H10F5NO3/c10-8(11,9(12,13)14)7(18)15-3-1-2-5(15)4-6(16)17/h5H,1-4H2,(H,16,17). The van der Waals surface area contributed by atoms with E-state index in [4.69, 9.17) is 5.11 Å². The van der Waals surface area contributed by atoms with E-state index in [1.54, 1.807) is 0 Å². The summed E-state index contributed by atoms with van der Waals surface area (Å²) < 4.78 is 61.7. The number of hydrogen-bond acceptors (Lipinski definition) is 2. The Hall–Kier alpha value is -1.41. The molecular formula is C9H10F5NO3. The summed E-state index contributed by atoms with van der Waals surface area (Å²) in [6, 6.07) is -1.11. The summed E-state index contributed by atoms with van der Waals surface area (Å²) >= 11 is 0. The number of nitrogens with zero attached hydrogens (tertiary/aromatic N) is 1. The molecule has 1 unspecified atom stereocenters. The van der Waals surface area contributed by atoms with Crippen molar-refractivity contribution in [3.63, 3.8) is 0 Å². The summed E-state index contributed by atoms with van der Waals surface area (Å²) in [5.41, 5.74) is 0. The van der Waals surface area contributed by atoms with E-state index in [1.807, 2.05) is 0 Å². The van der Waals surface area contributed by atoms with Crippen molar-refractivity contribution < 1.29 is 36.6 Å². The predicted molar refractivity (Wildman–Crippen MR) is 48.0 cm³/mol. The average Bonchev–Trinajstić information content (AvgIpc) is 2.61. The van der Waals surface area contributed by atoms with Crippen molar-refractivity contribution in [1.82, 2.24) is 4.90 Å². The fourth-order valence-electron chi connectivity index (χ4n) is 1.82. The minimum absolute atomic E-state index is 0.103. The van der Waals surface area contributed by atoms with E-state index in [0.717, 1.165) is 0 Å². The highest BCUT2D eigenvalue weighted by molar-refractivity contribution is 5.85. The summed E-state index contributed by atoms with van der Waals surface area (Å²) in [5, 5.41) is 8.49. The quantitative estimate of drug-likeness (QED) is 0.797. The maximum atomic E-state index is 12.8. The Balaban J connectivity index is 2.86. The number of carbonyl (C=O) groups excluding carboxylic acids is 1. The molecule has 0 radical (unpaired) electrons. The molecule has 9 heteroatoms. The first-order valence-corrected chi connectivity index (χ1v) is 5.04. The van der Waals surface area contributed by atoms with Crippen molar-refractivity contribution in [1.29, 1.82) is 0 Å². The molecule has 1 rings (SSSR count). The predicted octanol–water partition coefficient (Wildman–Crippen LogP) is 1.65. The molecule has 0 aromatic carbocycles. The van der Waals surface area contributed by atoms with Crippen LogP contribution in [0.3, 0.4) is 0 Å². The molecule has 104 valence electrons. The van der Waals surface area contributed by atoms with Crippen molar-refractivity contribution in [2.45, 2.75) is 37.4 Å². The zero-order valence-electron chi connectivity index (χ0n) is 9.01. The maximum Gasteiger partial charge on any atom is 0.463 e. The van der Waals surface area contributed by atoms with Crippen molar-refractivity contribution in [3.05, 3.63) is 0 Å². The van der Waals surface area contributed by atoms with E-state index >= 15 is 0 Å². The Morgan fingerprint density at radius 2 is 1.78 bits per heavy atom. The van der Waals surface area contributed by atoms with E-state index in [9.17, 15) is 31.5 Å². The summed E-state index contributed by atoms with van der Waals surface area (Å²) in [4.78, 5) is 21.9. The maximum absolute atomic E-state index is 12.8. The first-order chi connectivity index (χ1) is 8.07. The molecule has 0 aromatic rings. The minimum Gasteiger partial charge on any atom is -0.481 e. The second kappa shape index (κ2) is 4.69. The SMILES string of the molecule is O=C(O)CC1CCCN1C(=O)C(F)(F)C(F)(F)F. The van der Waals surface area contributed by atoms with Crippen molar-refractivity contribution >= 4 is 11.9 Å². The lowest BCUT2D eigenvalue weighted by atomic mass is 10.1. The molecule has 1 aliphatic rings. The van der Waals surface area contributed by atoms with Gasteiger partial charge in [-0.05, 0) is 12.8 Å². The molecule has 1 N–H and O–H groups in total. The average molecular weight is 275 g/mol. The molecule has 0 spiro atoms. The smallest absolute Gasteiger partial charge is 0.463 e. The molecule has 0 saturated carbocycles. The second-order valence-corrected chi connectivity index (χ2v) is 3.96. The fourth-order valence-corrected chi connectivity index (χ4v) is 1.82. The van der Waals surface area contributed by atoms with Crippen LogP contribution in [0.25, 0.3) is 0 Å². The molecule has 1 amide bonds. The third-order valence-corrected chi connectivity index (χ3v) is 2.67. The number of halogens is 5. The minimum atomic E-state index is -5.97. The van der Waals surface area contributed by atoms with E-state index in [2.05, 4.69) is 0 Å². The number of amides is 1. The molecule has 1 aliphatic heterocycles. The van der Waals surface area contributed by atoms with Crippen molar-refractivity contribution in [3.8, 4) is 0 Å². The third-order valence-electron chi connectivity index (χ3n) is 2.67. The van der Waals surface area contributed by atoms with Gasteiger partial charge in [0.15, 0.2) is 0 Å². The number of hydrogen-bond donors (Lipinski definition) is 1. The highest BCUT2D eigenvalue weighted by atomic mass is 19.4. The zero-order chi connectivity index (χ0) is 14.1. The van der Waals surface area contributed by atoms with Crippen LogP contribution in [-0.2, 0) is 9.59 Å². The molecule has 1 saturated heterocycles.